The van der Waals surface area contributed by atoms with Crippen molar-refractivity contribution in [3.63, 3.8) is 0 Å². The summed E-state index contributed by atoms with van der Waals surface area (Å²) >= 11 is 0. The predicted molar refractivity (Wildman–Crippen MR) is 76.8 cm³/mol. The molecule has 0 amide bonds. The summed E-state index contributed by atoms with van der Waals surface area (Å²) in [5.74, 6) is 0.987. The van der Waals surface area contributed by atoms with Crippen LogP contribution in [-0.4, -0.2) is 0 Å². The van der Waals surface area contributed by atoms with E-state index in [1.165, 1.54) is 49.3 Å². The standard InChI is InChI=1S/C18H20/c1-2-8-17-13-18(17,11-5-1)16-10-9-14-6-3-4-7-15(14)12-16/h3-4,6-7,9-10,12,17H,1-2,5,8,11,13H2. The number of hydrogen-bond acceptors (Lipinski definition) is 0. The summed E-state index contributed by atoms with van der Waals surface area (Å²) in [7, 11) is 0. The Bertz CT molecular complexity index is 583. The van der Waals surface area contributed by atoms with Gasteiger partial charge in [-0.3, -0.25) is 0 Å². The molecule has 4 rings (SSSR count). The van der Waals surface area contributed by atoms with Crippen molar-refractivity contribution >= 4 is 10.8 Å². The summed E-state index contributed by atoms with van der Waals surface area (Å²) in [5.41, 5.74) is 2.19. The molecule has 0 aromatic heterocycles. The molecule has 2 unspecified atom stereocenters. The van der Waals surface area contributed by atoms with Crippen molar-refractivity contribution in [2.24, 2.45) is 5.92 Å². The van der Waals surface area contributed by atoms with Crippen molar-refractivity contribution in [1.29, 1.82) is 0 Å². The lowest BCUT2D eigenvalue weighted by Crippen LogP contribution is -2.08. The quantitative estimate of drug-likeness (QED) is 0.649. The van der Waals surface area contributed by atoms with Gasteiger partial charge in [0.05, 0.1) is 0 Å². The fourth-order valence-corrected chi connectivity index (χ4v) is 4.07. The topological polar surface area (TPSA) is 0 Å². The van der Waals surface area contributed by atoms with Crippen molar-refractivity contribution in [1.82, 2.24) is 0 Å². The summed E-state index contributed by atoms with van der Waals surface area (Å²) < 4.78 is 0. The first kappa shape index (κ1) is 10.6. The lowest BCUT2D eigenvalue weighted by atomic mass is 9.88. The first-order valence-electron chi connectivity index (χ1n) is 7.38. The molecule has 2 fully saturated rings. The second-order valence-corrected chi connectivity index (χ2v) is 6.22. The molecule has 18 heavy (non-hydrogen) atoms. The third kappa shape index (κ3) is 1.51. The van der Waals surface area contributed by atoms with Crippen molar-refractivity contribution in [3.05, 3.63) is 48.0 Å². The molecule has 2 aliphatic carbocycles. The molecule has 2 atom stereocenters. The van der Waals surface area contributed by atoms with E-state index in [0.717, 1.165) is 5.92 Å². The Kier molecular flexibility index (Phi) is 2.27. The van der Waals surface area contributed by atoms with Crippen molar-refractivity contribution in [2.75, 3.05) is 0 Å². The molecule has 0 bridgehead atoms. The minimum absolute atomic E-state index is 0.570. The van der Waals surface area contributed by atoms with Crippen molar-refractivity contribution in [2.45, 2.75) is 43.9 Å². The van der Waals surface area contributed by atoms with Gasteiger partial charge in [-0.15, -0.1) is 0 Å². The fraction of sp³-hybridized carbons (Fsp3) is 0.444. The Morgan fingerprint density at radius 3 is 2.72 bits per heavy atom. The van der Waals surface area contributed by atoms with E-state index in [2.05, 4.69) is 42.5 Å². The second-order valence-electron chi connectivity index (χ2n) is 6.22. The van der Waals surface area contributed by atoms with Gasteiger partial charge in [-0.2, -0.15) is 0 Å². The maximum Gasteiger partial charge on any atom is -0.00153 e. The number of hydrogen-bond donors (Lipinski definition) is 0. The van der Waals surface area contributed by atoms with Gasteiger partial charge in [0, 0.05) is 0 Å². The van der Waals surface area contributed by atoms with Crippen LogP contribution in [0.1, 0.15) is 44.1 Å². The molecule has 0 heteroatoms. The van der Waals surface area contributed by atoms with Crippen LogP contribution in [0.5, 0.6) is 0 Å². The molecule has 0 spiro atoms. The van der Waals surface area contributed by atoms with Crippen LogP contribution < -0.4 is 0 Å². The Morgan fingerprint density at radius 2 is 1.78 bits per heavy atom. The zero-order valence-electron chi connectivity index (χ0n) is 10.9. The summed E-state index contributed by atoms with van der Waals surface area (Å²) in [5, 5.41) is 2.79. The predicted octanol–water partition coefficient (Wildman–Crippen LogP) is 5.06. The van der Waals surface area contributed by atoms with Crippen LogP contribution >= 0.6 is 0 Å². The first-order chi connectivity index (χ1) is 8.88. The molecule has 2 aromatic rings. The minimum atomic E-state index is 0.570. The average Bonchev–Trinajstić information content (AvgIpc) is 3.13. The van der Waals surface area contributed by atoms with Gasteiger partial charge >= 0.3 is 0 Å². The smallest absolute Gasteiger partial charge is 0.00153 e. The molecule has 0 N–H and O–H groups in total. The zero-order chi connectivity index (χ0) is 12.0. The van der Waals surface area contributed by atoms with Gasteiger partial charge in [-0.05, 0) is 46.9 Å². The van der Waals surface area contributed by atoms with Gasteiger partial charge in [0.25, 0.3) is 0 Å². The van der Waals surface area contributed by atoms with E-state index in [-0.39, 0.29) is 0 Å². The van der Waals surface area contributed by atoms with Gasteiger partial charge in [0.1, 0.15) is 0 Å². The van der Waals surface area contributed by atoms with E-state index < -0.39 is 0 Å². The first-order valence-corrected chi connectivity index (χ1v) is 7.38. The molecule has 92 valence electrons. The van der Waals surface area contributed by atoms with Gasteiger partial charge in [0.2, 0.25) is 0 Å². The normalized spacial score (nSPS) is 30.8. The summed E-state index contributed by atoms with van der Waals surface area (Å²) in [6, 6.07) is 15.9. The average molecular weight is 236 g/mol. The SMILES string of the molecule is c1ccc2cc(C34CCCCCC3C4)ccc2c1. The molecular weight excluding hydrogens is 216 g/mol. The zero-order valence-corrected chi connectivity index (χ0v) is 10.9. The van der Waals surface area contributed by atoms with E-state index >= 15 is 0 Å². The Balaban J connectivity index is 1.78. The van der Waals surface area contributed by atoms with E-state index in [1.807, 2.05) is 0 Å². The van der Waals surface area contributed by atoms with Crippen LogP contribution in [0.4, 0.5) is 0 Å². The van der Waals surface area contributed by atoms with E-state index in [1.54, 1.807) is 5.56 Å². The highest BCUT2D eigenvalue weighted by Gasteiger charge is 2.54. The van der Waals surface area contributed by atoms with E-state index in [9.17, 15) is 0 Å². The number of rotatable bonds is 1. The van der Waals surface area contributed by atoms with Crippen LogP contribution in [-0.2, 0) is 5.41 Å². The highest BCUT2D eigenvalue weighted by Crippen LogP contribution is 2.61. The van der Waals surface area contributed by atoms with Gasteiger partial charge in [-0.25, -0.2) is 0 Å². The highest BCUT2D eigenvalue weighted by molar-refractivity contribution is 5.83. The summed E-state index contributed by atoms with van der Waals surface area (Å²) in [6.07, 6.45) is 8.68. The van der Waals surface area contributed by atoms with Crippen LogP contribution in [0.3, 0.4) is 0 Å². The maximum atomic E-state index is 2.46. The molecule has 2 aromatic carbocycles. The molecule has 0 aliphatic heterocycles. The fourth-order valence-electron chi connectivity index (χ4n) is 4.07. The summed E-state index contributed by atoms with van der Waals surface area (Å²) in [6.45, 7) is 0. The largest absolute Gasteiger partial charge is 0.0616 e. The van der Waals surface area contributed by atoms with E-state index in [4.69, 9.17) is 0 Å². The second kappa shape index (κ2) is 3.85. The highest BCUT2D eigenvalue weighted by atomic mass is 14.6. The molecular formula is C18H20. The lowest BCUT2D eigenvalue weighted by Gasteiger charge is -2.17. The third-order valence-corrected chi connectivity index (χ3v) is 5.23. The van der Waals surface area contributed by atoms with Crippen molar-refractivity contribution < 1.29 is 0 Å². The molecule has 0 saturated heterocycles. The van der Waals surface area contributed by atoms with Crippen LogP contribution in [0.25, 0.3) is 10.8 Å². The monoisotopic (exact) mass is 236 g/mol. The van der Waals surface area contributed by atoms with Crippen LogP contribution in [0, 0.1) is 5.92 Å². The minimum Gasteiger partial charge on any atom is -0.0616 e. The molecule has 0 heterocycles. The molecule has 0 radical (unpaired) electrons. The maximum absolute atomic E-state index is 2.46. The van der Waals surface area contributed by atoms with Crippen LogP contribution in [0.15, 0.2) is 42.5 Å². The molecule has 2 saturated carbocycles. The van der Waals surface area contributed by atoms with Gasteiger partial charge in [0.15, 0.2) is 0 Å². The number of fused-ring (bicyclic) bond motifs is 2. The lowest BCUT2D eigenvalue weighted by molar-refractivity contribution is 0.563. The van der Waals surface area contributed by atoms with Crippen molar-refractivity contribution in [3.8, 4) is 0 Å². The Morgan fingerprint density at radius 1 is 0.889 bits per heavy atom. The Hall–Kier alpha value is -1.30. The third-order valence-electron chi connectivity index (χ3n) is 5.23. The Labute approximate surface area is 109 Å². The van der Waals surface area contributed by atoms with Gasteiger partial charge < -0.3 is 0 Å². The summed E-state index contributed by atoms with van der Waals surface area (Å²) in [4.78, 5) is 0. The van der Waals surface area contributed by atoms with Gasteiger partial charge in [-0.1, -0.05) is 61.7 Å². The van der Waals surface area contributed by atoms with Crippen LogP contribution in [0.2, 0.25) is 0 Å². The number of benzene rings is 2. The van der Waals surface area contributed by atoms with E-state index in [0.29, 0.717) is 5.41 Å². The molecule has 0 nitrogen and oxygen atoms in total. The molecule has 2 aliphatic rings.